The molecule has 2 aromatic heterocycles. The lowest BCUT2D eigenvalue weighted by Gasteiger charge is -2.32. The van der Waals surface area contributed by atoms with Gasteiger partial charge >= 0.3 is 0 Å². The average molecular weight is 332 g/mol. The summed E-state index contributed by atoms with van der Waals surface area (Å²) in [5, 5.41) is 12.2. The van der Waals surface area contributed by atoms with Crippen molar-refractivity contribution in [3.63, 3.8) is 0 Å². The van der Waals surface area contributed by atoms with E-state index in [1.54, 1.807) is 11.3 Å². The Morgan fingerprint density at radius 1 is 1.17 bits per heavy atom. The molecule has 23 heavy (non-hydrogen) atoms. The summed E-state index contributed by atoms with van der Waals surface area (Å²) in [6.07, 6.45) is 6.91. The van der Waals surface area contributed by atoms with Crippen molar-refractivity contribution in [2.75, 3.05) is 31.1 Å². The average Bonchev–Trinajstić information content (AvgIpc) is 3.32. The van der Waals surface area contributed by atoms with Gasteiger partial charge in [0, 0.05) is 37.6 Å². The van der Waals surface area contributed by atoms with Crippen molar-refractivity contribution in [1.82, 2.24) is 24.6 Å². The number of thiazole rings is 1. The van der Waals surface area contributed by atoms with Gasteiger partial charge in [0.1, 0.15) is 11.6 Å². The van der Waals surface area contributed by atoms with E-state index in [2.05, 4.69) is 42.0 Å². The minimum atomic E-state index is 0.456. The second kappa shape index (κ2) is 6.57. The summed E-state index contributed by atoms with van der Waals surface area (Å²) in [6, 6.07) is 0. The number of nitrogens with zero attached hydrogens (tertiary/aromatic N) is 6. The van der Waals surface area contributed by atoms with E-state index in [1.807, 2.05) is 6.20 Å². The molecule has 0 amide bonds. The van der Waals surface area contributed by atoms with Crippen molar-refractivity contribution in [2.24, 2.45) is 7.05 Å². The highest BCUT2D eigenvalue weighted by Crippen LogP contribution is 2.30. The molecule has 4 heterocycles. The summed E-state index contributed by atoms with van der Waals surface area (Å²) >= 11 is 1.72. The smallest absolute Gasteiger partial charge is 0.185 e. The van der Waals surface area contributed by atoms with Crippen LogP contribution >= 0.6 is 11.3 Å². The number of aromatic nitrogens is 4. The van der Waals surface area contributed by atoms with Gasteiger partial charge in [0.05, 0.1) is 6.54 Å². The predicted octanol–water partition coefficient (Wildman–Crippen LogP) is 2.25. The Kier molecular flexibility index (Phi) is 4.31. The summed E-state index contributed by atoms with van der Waals surface area (Å²) in [5.74, 6) is 2.70. The normalized spacial score (nSPS) is 22.8. The van der Waals surface area contributed by atoms with E-state index in [4.69, 9.17) is 0 Å². The van der Waals surface area contributed by atoms with Crippen LogP contribution < -0.4 is 4.90 Å². The molecule has 124 valence electrons. The fourth-order valence-corrected chi connectivity index (χ4v) is 4.42. The molecule has 2 aliphatic rings. The second-order valence-electron chi connectivity index (χ2n) is 6.62. The van der Waals surface area contributed by atoms with Crippen LogP contribution in [-0.4, -0.2) is 50.8 Å². The number of hydrogen-bond acceptors (Lipinski definition) is 6. The molecule has 1 unspecified atom stereocenters. The maximum Gasteiger partial charge on any atom is 0.185 e. The largest absolute Gasteiger partial charge is 0.347 e. The minimum Gasteiger partial charge on any atom is -0.347 e. The second-order valence-corrected chi connectivity index (χ2v) is 7.49. The molecule has 0 bridgehead atoms. The fraction of sp³-hybridized carbons (Fsp3) is 0.688. The first-order valence-electron chi connectivity index (χ1n) is 8.56. The zero-order valence-corrected chi connectivity index (χ0v) is 14.5. The van der Waals surface area contributed by atoms with Gasteiger partial charge in [-0.05, 0) is 38.8 Å². The van der Waals surface area contributed by atoms with Crippen LogP contribution in [0.15, 0.2) is 11.6 Å². The number of piperidine rings is 1. The SMILES string of the molecule is Cn1c(CN2CCCC2)nnc1C1CCCN(c2nccs2)C1. The maximum absolute atomic E-state index is 4.54. The van der Waals surface area contributed by atoms with E-state index in [9.17, 15) is 0 Å². The van der Waals surface area contributed by atoms with Gasteiger partial charge < -0.3 is 9.47 Å². The van der Waals surface area contributed by atoms with Crippen molar-refractivity contribution in [1.29, 1.82) is 0 Å². The fourth-order valence-electron chi connectivity index (χ4n) is 3.74. The van der Waals surface area contributed by atoms with Crippen LogP contribution in [0, 0.1) is 0 Å². The standard InChI is InChI=1S/C16H24N6S/c1-20-14(12-21-7-2-3-8-21)18-19-15(20)13-5-4-9-22(11-13)16-17-6-10-23-16/h6,10,13H,2-5,7-9,11-12H2,1H3. The highest BCUT2D eigenvalue weighted by Gasteiger charge is 2.27. The van der Waals surface area contributed by atoms with E-state index in [-0.39, 0.29) is 0 Å². The van der Waals surface area contributed by atoms with Crippen LogP contribution in [0.5, 0.6) is 0 Å². The Morgan fingerprint density at radius 3 is 2.83 bits per heavy atom. The van der Waals surface area contributed by atoms with Crippen LogP contribution in [0.25, 0.3) is 0 Å². The number of likely N-dealkylation sites (tertiary alicyclic amines) is 1. The lowest BCUT2D eigenvalue weighted by Crippen LogP contribution is -2.35. The number of anilines is 1. The van der Waals surface area contributed by atoms with Crippen LogP contribution in [0.1, 0.15) is 43.3 Å². The van der Waals surface area contributed by atoms with Gasteiger partial charge in [-0.3, -0.25) is 4.90 Å². The van der Waals surface area contributed by atoms with Gasteiger partial charge in [0.2, 0.25) is 0 Å². The Bertz CT molecular complexity index is 631. The van der Waals surface area contributed by atoms with Crippen LogP contribution in [0.3, 0.4) is 0 Å². The summed E-state index contributed by atoms with van der Waals surface area (Å²) in [5.41, 5.74) is 0. The molecule has 6 nitrogen and oxygen atoms in total. The maximum atomic E-state index is 4.54. The van der Waals surface area contributed by atoms with Gasteiger partial charge in [0.15, 0.2) is 5.13 Å². The van der Waals surface area contributed by atoms with E-state index in [1.165, 1.54) is 38.8 Å². The quantitative estimate of drug-likeness (QED) is 0.859. The Balaban J connectivity index is 1.47. The van der Waals surface area contributed by atoms with E-state index in [0.29, 0.717) is 5.92 Å². The Labute approximate surface area is 141 Å². The molecule has 0 N–H and O–H groups in total. The topological polar surface area (TPSA) is 50.1 Å². The molecule has 0 saturated carbocycles. The van der Waals surface area contributed by atoms with Gasteiger partial charge in [0.25, 0.3) is 0 Å². The molecule has 0 aliphatic carbocycles. The molecule has 2 fully saturated rings. The van der Waals surface area contributed by atoms with Crippen molar-refractivity contribution in [3.8, 4) is 0 Å². The van der Waals surface area contributed by atoms with Crippen LogP contribution in [0.4, 0.5) is 5.13 Å². The molecule has 7 heteroatoms. The zero-order valence-electron chi connectivity index (χ0n) is 13.7. The third-order valence-corrected chi connectivity index (χ3v) is 5.87. The first kappa shape index (κ1) is 15.1. The number of rotatable bonds is 4. The molecule has 0 aromatic carbocycles. The van der Waals surface area contributed by atoms with Crippen molar-refractivity contribution >= 4 is 16.5 Å². The van der Waals surface area contributed by atoms with Crippen molar-refractivity contribution < 1.29 is 0 Å². The van der Waals surface area contributed by atoms with Gasteiger partial charge in [-0.1, -0.05) is 0 Å². The molecular weight excluding hydrogens is 308 g/mol. The van der Waals surface area contributed by atoms with Crippen LogP contribution in [-0.2, 0) is 13.6 Å². The third-order valence-electron chi connectivity index (χ3n) is 5.04. The summed E-state index contributed by atoms with van der Waals surface area (Å²) in [7, 11) is 2.13. The third kappa shape index (κ3) is 3.12. The first-order valence-corrected chi connectivity index (χ1v) is 9.44. The highest BCUT2D eigenvalue weighted by atomic mass is 32.1. The van der Waals surface area contributed by atoms with E-state index < -0.39 is 0 Å². The van der Waals surface area contributed by atoms with E-state index >= 15 is 0 Å². The summed E-state index contributed by atoms with van der Waals surface area (Å²) in [6.45, 7) is 5.44. The lowest BCUT2D eigenvalue weighted by atomic mass is 9.97. The lowest BCUT2D eigenvalue weighted by molar-refractivity contribution is 0.317. The Morgan fingerprint density at radius 2 is 2.04 bits per heavy atom. The molecule has 0 spiro atoms. The van der Waals surface area contributed by atoms with Gasteiger partial charge in [-0.15, -0.1) is 21.5 Å². The van der Waals surface area contributed by atoms with Crippen LogP contribution in [0.2, 0.25) is 0 Å². The molecule has 0 radical (unpaired) electrons. The minimum absolute atomic E-state index is 0.456. The first-order chi connectivity index (χ1) is 11.3. The highest BCUT2D eigenvalue weighted by molar-refractivity contribution is 7.13. The molecule has 4 rings (SSSR count). The molecular formula is C16H24N6S. The van der Waals surface area contributed by atoms with Crippen molar-refractivity contribution in [3.05, 3.63) is 23.2 Å². The monoisotopic (exact) mass is 332 g/mol. The summed E-state index contributed by atoms with van der Waals surface area (Å²) < 4.78 is 2.23. The molecule has 2 saturated heterocycles. The van der Waals surface area contributed by atoms with Crippen molar-refractivity contribution in [2.45, 2.75) is 38.1 Å². The molecule has 2 aliphatic heterocycles. The zero-order chi connectivity index (χ0) is 15.6. The molecule has 1 atom stereocenters. The predicted molar refractivity (Wildman–Crippen MR) is 91.8 cm³/mol. The Hall–Kier alpha value is -1.47. The molecule has 2 aromatic rings. The summed E-state index contributed by atoms with van der Waals surface area (Å²) in [4.78, 5) is 9.34. The number of hydrogen-bond donors (Lipinski definition) is 0. The van der Waals surface area contributed by atoms with Gasteiger partial charge in [-0.25, -0.2) is 4.98 Å². The van der Waals surface area contributed by atoms with Gasteiger partial charge in [-0.2, -0.15) is 0 Å². The van der Waals surface area contributed by atoms with E-state index in [0.717, 1.165) is 36.4 Å².